The van der Waals surface area contributed by atoms with Crippen LogP contribution in [0.5, 0.6) is 5.75 Å². The van der Waals surface area contributed by atoms with Crippen molar-refractivity contribution in [3.8, 4) is 5.75 Å². The first kappa shape index (κ1) is 16.7. The number of carboxylic acid groups (broad SMARTS) is 1. The van der Waals surface area contributed by atoms with Gasteiger partial charge in [0.2, 0.25) is 0 Å². The predicted molar refractivity (Wildman–Crippen MR) is 75.1 cm³/mol. The van der Waals surface area contributed by atoms with Crippen LogP contribution in [0.3, 0.4) is 0 Å². The van der Waals surface area contributed by atoms with Crippen LogP contribution in [0.4, 0.5) is 4.79 Å². The lowest BCUT2D eigenvalue weighted by Gasteiger charge is -2.20. The second-order valence-electron chi connectivity index (χ2n) is 5.58. The summed E-state index contributed by atoms with van der Waals surface area (Å²) in [6, 6.07) is 1.22. The molecule has 0 atom stereocenters. The van der Waals surface area contributed by atoms with E-state index in [0.29, 0.717) is 17.4 Å². The molecule has 0 aliphatic carbocycles. The molecule has 1 rings (SSSR count). The van der Waals surface area contributed by atoms with Gasteiger partial charge in [0.25, 0.3) is 0 Å². The van der Waals surface area contributed by atoms with E-state index in [2.05, 4.69) is 0 Å². The van der Waals surface area contributed by atoms with E-state index in [4.69, 9.17) is 9.47 Å². The molecule has 0 bridgehead atoms. The fourth-order valence-electron chi connectivity index (χ4n) is 1.74. The number of benzene rings is 1. The summed E-state index contributed by atoms with van der Waals surface area (Å²) in [6.45, 7) is 8.15. The second kappa shape index (κ2) is 5.95. The van der Waals surface area contributed by atoms with Crippen LogP contribution in [-0.2, 0) is 4.74 Å². The molecule has 21 heavy (non-hydrogen) atoms. The third-order valence-corrected chi connectivity index (χ3v) is 2.83. The van der Waals surface area contributed by atoms with Crippen LogP contribution in [0.2, 0.25) is 0 Å². The van der Waals surface area contributed by atoms with Gasteiger partial charge in [0.15, 0.2) is 0 Å². The number of aldehydes is 1. The van der Waals surface area contributed by atoms with E-state index in [1.165, 1.54) is 6.07 Å². The van der Waals surface area contributed by atoms with Gasteiger partial charge < -0.3 is 14.6 Å². The van der Waals surface area contributed by atoms with Crippen molar-refractivity contribution in [2.75, 3.05) is 0 Å². The van der Waals surface area contributed by atoms with E-state index in [-0.39, 0.29) is 16.9 Å². The summed E-state index contributed by atoms with van der Waals surface area (Å²) in [5.41, 5.74) is 0.220. The Kier molecular flexibility index (Phi) is 4.73. The maximum atomic E-state index is 11.7. The third kappa shape index (κ3) is 4.05. The lowest BCUT2D eigenvalue weighted by Crippen LogP contribution is -2.26. The van der Waals surface area contributed by atoms with Crippen molar-refractivity contribution in [3.05, 3.63) is 28.3 Å². The lowest BCUT2D eigenvalue weighted by atomic mass is 9.97. The second-order valence-corrected chi connectivity index (χ2v) is 5.58. The molecule has 0 aliphatic heterocycles. The molecular weight excluding hydrogens is 276 g/mol. The van der Waals surface area contributed by atoms with Gasteiger partial charge in [-0.2, -0.15) is 0 Å². The van der Waals surface area contributed by atoms with Crippen LogP contribution in [0, 0.1) is 13.8 Å². The van der Waals surface area contributed by atoms with E-state index >= 15 is 0 Å². The van der Waals surface area contributed by atoms with E-state index in [9.17, 15) is 19.5 Å². The number of hydrogen-bond donors (Lipinski definition) is 1. The van der Waals surface area contributed by atoms with E-state index in [0.717, 1.165) is 0 Å². The van der Waals surface area contributed by atoms with Crippen LogP contribution in [-0.4, -0.2) is 29.1 Å². The molecule has 0 radical (unpaired) electrons. The number of carbonyl (C=O) groups excluding carboxylic acids is 2. The molecule has 0 unspecified atom stereocenters. The largest absolute Gasteiger partial charge is 0.514 e. The predicted octanol–water partition coefficient (Wildman–Crippen LogP) is 3.13. The molecule has 1 N–H and O–H groups in total. The Bertz CT molecular complexity index is 595. The van der Waals surface area contributed by atoms with E-state index in [1.54, 1.807) is 34.6 Å². The molecule has 0 heterocycles. The number of carboxylic acids is 1. The zero-order valence-corrected chi connectivity index (χ0v) is 12.6. The number of carbonyl (C=O) groups is 3. The maximum absolute atomic E-state index is 11.7. The summed E-state index contributed by atoms with van der Waals surface area (Å²) in [6.07, 6.45) is -0.444. The van der Waals surface area contributed by atoms with Crippen LogP contribution >= 0.6 is 0 Å². The quantitative estimate of drug-likeness (QED) is 0.523. The summed E-state index contributed by atoms with van der Waals surface area (Å²) in [5, 5.41) is 9.26. The number of ether oxygens (including phenoxy) is 2. The van der Waals surface area contributed by atoms with Crippen molar-refractivity contribution in [3.63, 3.8) is 0 Å². The molecule has 1 aromatic carbocycles. The van der Waals surface area contributed by atoms with Gasteiger partial charge >= 0.3 is 12.1 Å². The summed E-state index contributed by atoms with van der Waals surface area (Å²) in [7, 11) is 0. The number of aromatic carboxylic acids is 1. The molecule has 0 fully saturated rings. The van der Waals surface area contributed by atoms with Crippen molar-refractivity contribution in [2.45, 2.75) is 40.2 Å². The van der Waals surface area contributed by atoms with Gasteiger partial charge in [-0.3, -0.25) is 4.79 Å². The van der Waals surface area contributed by atoms with Gasteiger partial charge in [0.1, 0.15) is 23.2 Å². The fourth-order valence-corrected chi connectivity index (χ4v) is 1.74. The van der Waals surface area contributed by atoms with Crippen molar-refractivity contribution >= 4 is 18.4 Å². The Hall–Kier alpha value is -2.37. The van der Waals surface area contributed by atoms with E-state index < -0.39 is 17.7 Å². The standard InChI is InChI=1S/C15H18O6/c1-8-9(2)12(13(17)18)11(6-10(8)7-16)20-14(19)21-15(3,4)5/h6-7H,1-5H3,(H,17,18). The van der Waals surface area contributed by atoms with Crippen molar-refractivity contribution in [2.24, 2.45) is 0 Å². The summed E-state index contributed by atoms with van der Waals surface area (Å²) in [4.78, 5) is 34.0. The summed E-state index contributed by atoms with van der Waals surface area (Å²) >= 11 is 0. The minimum atomic E-state index is -1.24. The molecule has 6 heteroatoms. The average molecular weight is 294 g/mol. The van der Waals surface area contributed by atoms with Gasteiger partial charge in [-0.1, -0.05) is 0 Å². The van der Waals surface area contributed by atoms with Crippen LogP contribution < -0.4 is 4.74 Å². The molecule has 6 nitrogen and oxygen atoms in total. The molecule has 114 valence electrons. The highest BCUT2D eigenvalue weighted by Crippen LogP contribution is 2.28. The monoisotopic (exact) mass is 294 g/mol. The van der Waals surface area contributed by atoms with E-state index in [1.807, 2.05) is 0 Å². The van der Waals surface area contributed by atoms with Gasteiger partial charge in [-0.05, 0) is 51.8 Å². The van der Waals surface area contributed by atoms with Gasteiger partial charge in [0.05, 0.1) is 0 Å². The normalized spacial score (nSPS) is 10.9. The molecule has 0 saturated heterocycles. The minimum Gasteiger partial charge on any atom is -0.478 e. The molecule has 0 spiro atoms. The SMILES string of the molecule is Cc1c(C=O)cc(OC(=O)OC(C)(C)C)c(C(=O)O)c1C. The highest BCUT2D eigenvalue weighted by atomic mass is 16.7. The highest BCUT2D eigenvalue weighted by Gasteiger charge is 2.24. The molecular formula is C15H18O6. The molecule has 0 amide bonds. The first-order valence-electron chi connectivity index (χ1n) is 6.30. The molecule has 1 aromatic rings. The van der Waals surface area contributed by atoms with Crippen LogP contribution in [0.1, 0.15) is 52.6 Å². The average Bonchev–Trinajstić information content (AvgIpc) is 2.30. The summed E-state index contributed by atoms with van der Waals surface area (Å²) < 4.78 is 9.94. The molecule has 0 aromatic heterocycles. The first-order valence-corrected chi connectivity index (χ1v) is 6.30. The topological polar surface area (TPSA) is 89.9 Å². The Balaban J connectivity index is 3.28. The minimum absolute atomic E-state index is 0.163. The zero-order chi connectivity index (χ0) is 16.4. The van der Waals surface area contributed by atoms with Gasteiger partial charge in [-0.15, -0.1) is 0 Å². The molecule has 0 saturated carbocycles. The first-order chi connectivity index (χ1) is 9.56. The third-order valence-electron chi connectivity index (χ3n) is 2.83. The lowest BCUT2D eigenvalue weighted by molar-refractivity contribution is 0.0203. The van der Waals surface area contributed by atoms with Crippen molar-refractivity contribution < 1.29 is 29.0 Å². The highest BCUT2D eigenvalue weighted by molar-refractivity contribution is 5.96. The Morgan fingerprint density at radius 2 is 1.76 bits per heavy atom. The zero-order valence-electron chi connectivity index (χ0n) is 12.6. The van der Waals surface area contributed by atoms with Gasteiger partial charge in [-0.25, -0.2) is 9.59 Å². The number of rotatable bonds is 3. The number of hydrogen-bond acceptors (Lipinski definition) is 5. The van der Waals surface area contributed by atoms with Crippen molar-refractivity contribution in [1.82, 2.24) is 0 Å². The van der Waals surface area contributed by atoms with Crippen LogP contribution in [0.25, 0.3) is 0 Å². The van der Waals surface area contributed by atoms with Gasteiger partial charge in [0, 0.05) is 5.56 Å². The Morgan fingerprint density at radius 1 is 1.19 bits per heavy atom. The smallest absolute Gasteiger partial charge is 0.478 e. The maximum Gasteiger partial charge on any atom is 0.514 e. The van der Waals surface area contributed by atoms with Crippen molar-refractivity contribution in [1.29, 1.82) is 0 Å². The fraction of sp³-hybridized carbons (Fsp3) is 0.400. The summed E-state index contributed by atoms with van der Waals surface area (Å²) in [5.74, 6) is -1.45. The Morgan fingerprint density at radius 3 is 2.19 bits per heavy atom. The Labute approximate surface area is 122 Å². The van der Waals surface area contributed by atoms with Crippen LogP contribution in [0.15, 0.2) is 6.07 Å². The molecule has 0 aliphatic rings.